The van der Waals surface area contributed by atoms with E-state index in [1.54, 1.807) is 11.8 Å². The molecular formula is C15H14BrClOS. The lowest BCUT2D eigenvalue weighted by molar-refractivity contribution is 0.200. The molecule has 1 atom stereocenters. The lowest BCUT2D eigenvalue weighted by atomic mass is 10.1. The van der Waals surface area contributed by atoms with E-state index in [2.05, 4.69) is 22.0 Å². The third kappa shape index (κ3) is 5.19. The molecule has 19 heavy (non-hydrogen) atoms. The van der Waals surface area contributed by atoms with Gasteiger partial charge < -0.3 is 5.11 Å². The summed E-state index contributed by atoms with van der Waals surface area (Å²) in [7, 11) is 0. The molecule has 2 rings (SSSR count). The maximum atomic E-state index is 10.0. The van der Waals surface area contributed by atoms with Crippen molar-refractivity contribution in [2.45, 2.75) is 17.4 Å². The largest absolute Gasteiger partial charge is 0.392 e. The standard InChI is InChI=1S/C15H14BrClOS/c16-12-2-1-3-15(9-12)19-10-14(18)8-11-4-6-13(17)7-5-11/h1-7,9,14,18H,8,10H2. The van der Waals surface area contributed by atoms with E-state index in [1.165, 1.54) is 0 Å². The van der Waals surface area contributed by atoms with E-state index in [-0.39, 0.29) is 6.10 Å². The Hall–Kier alpha value is -0.480. The summed E-state index contributed by atoms with van der Waals surface area (Å²) in [6.45, 7) is 0. The number of rotatable bonds is 5. The van der Waals surface area contributed by atoms with Gasteiger partial charge in [-0.2, -0.15) is 0 Å². The predicted octanol–water partition coefficient (Wildman–Crippen LogP) is 4.80. The van der Waals surface area contributed by atoms with Crippen LogP contribution in [0.25, 0.3) is 0 Å². The van der Waals surface area contributed by atoms with E-state index in [9.17, 15) is 5.11 Å². The average Bonchev–Trinajstić information content (AvgIpc) is 2.39. The average molecular weight is 358 g/mol. The van der Waals surface area contributed by atoms with Gasteiger partial charge in [0.05, 0.1) is 6.10 Å². The van der Waals surface area contributed by atoms with Crippen LogP contribution in [-0.2, 0) is 6.42 Å². The van der Waals surface area contributed by atoms with Gasteiger partial charge in [0, 0.05) is 20.1 Å². The second-order valence-corrected chi connectivity index (χ2v) is 6.70. The highest BCUT2D eigenvalue weighted by molar-refractivity contribution is 9.10. The van der Waals surface area contributed by atoms with Crippen molar-refractivity contribution in [3.05, 3.63) is 63.6 Å². The molecule has 0 saturated heterocycles. The molecule has 0 bridgehead atoms. The summed E-state index contributed by atoms with van der Waals surface area (Å²) in [5.74, 6) is 0.680. The fourth-order valence-corrected chi connectivity index (χ4v) is 3.27. The number of aliphatic hydroxyl groups is 1. The van der Waals surface area contributed by atoms with Gasteiger partial charge >= 0.3 is 0 Å². The van der Waals surface area contributed by atoms with Crippen LogP contribution in [0.5, 0.6) is 0 Å². The number of halogens is 2. The van der Waals surface area contributed by atoms with Crippen LogP contribution in [0.2, 0.25) is 5.02 Å². The first-order chi connectivity index (χ1) is 9.13. The van der Waals surface area contributed by atoms with Gasteiger partial charge in [0.2, 0.25) is 0 Å². The first-order valence-corrected chi connectivity index (χ1v) is 8.10. The highest BCUT2D eigenvalue weighted by atomic mass is 79.9. The molecule has 0 saturated carbocycles. The number of aliphatic hydroxyl groups excluding tert-OH is 1. The minimum absolute atomic E-state index is 0.356. The van der Waals surface area contributed by atoms with Crippen molar-refractivity contribution in [3.63, 3.8) is 0 Å². The minimum Gasteiger partial charge on any atom is -0.392 e. The molecule has 1 N–H and O–H groups in total. The maximum absolute atomic E-state index is 10.0. The summed E-state index contributed by atoms with van der Waals surface area (Å²) < 4.78 is 1.06. The first-order valence-electron chi connectivity index (χ1n) is 5.94. The van der Waals surface area contributed by atoms with E-state index < -0.39 is 0 Å². The lowest BCUT2D eigenvalue weighted by Crippen LogP contribution is -2.13. The second kappa shape index (κ2) is 7.34. The molecule has 0 amide bonds. The Kier molecular flexibility index (Phi) is 5.76. The quantitative estimate of drug-likeness (QED) is 0.776. The zero-order valence-electron chi connectivity index (χ0n) is 10.2. The van der Waals surface area contributed by atoms with Crippen LogP contribution >= 0.6 is 39.3 Å². The highest BCUT2D eigenvalue weighted by Crippen LogP contribution is 2.23. The van der Waals surface area contributed by atoms with Crippen molar-refractivity contribution in [3.8, 4) is 0 Å². The Balaban J connectivity index is 1.84. The number of hydrogen-bond acceptors (Lipinski definition) is 2. The molecule has 0 aromatic heterocycles. The molecule has 0 aliphatic rings. The molecule has 2 aromatic carbocycles. The van der Waals surface area contributed by atoms with Crippen molar-refractivity contribution in [2.75, 3.05) is 5.75 Å². The summed E-state index contributed by atoms with van der Waals surface area (Å²) >= 11 is 10.9. The molecule has 1 unspecified atom stereocenters. The minimum atomic E-state index is -0.356. The zero-order valence-corrected chi connectivity index (χ0v) is 13.4. The van der Waals surface area contributed by atoms with E-state index in [4.69, 9.17) is 11.6 Å². The summed E-state index contributed by atoms with van der Waals surface area (Å²) in [5.41, 5.74) is 1.10. The van der Waals surface area contributed by atoms with Crippen molar-refractivity contribution in [2.24, 2.45) is 0 Å². The molecule has 1 nitrogen and oxygen atoms in total. The predicted molar refractivity (Wildman–Crippen MR) is 86.0 cm³/mol. The van der Waals surface area contributed by atoms with Crippen molar-refractivity contribution < 1.29 is 5.11 Å². The molecule has 2 aromatic rings. The van der Waals surface area contributed by atoms with Crippen LogP contribution in [0.3, 0.4) is 0 Å². The fraction of sp³-hybridized carbons (Fsp3) is 0.200. The Morgan fingerprint density at radius 3 is 2.58 bits per heavy atom. The highest BCUT2D eigenvalue weighted by Gasteiger charge is 2.07. The fourth-order valence-electron chi connectivity index (χ4n) is 1.70. The van der Waals surface area contributed by atoms with Crippen LogP contribution in [0, 0.1) is 0 Å². The summed E-state index contributed by atoms with van der Waals surface area (Å²) in [4.78, 5) is 1.16. The molecular weight excluding hydrogens is 344 g/mol. The summed E-state index contributed by atoms with van der Waals surface area (Å²) in [6, 6.07) is 15.7. The Labute approximate surface area is 131 Å². The van der Waals surface area contributed by atoms with Gasteiger partial charge in [-0.15, -0.1) is 11.8 Å². The molecule has 0 heterocycles. The van der Waals surface area contributed by atoms with Crippen LogP contribution in [0.15, 0.2) is 57.9 Å². The van der Waals surface area contributed by atoms with Crippen LogP contribution in [0.4, 0.5) is 0 Å². The SMILES string of the molecule is OC(CSc1cccc(Br)c1)Cc1ccc(Cl)cc1. The van der Waals surface area contributed by atoms with E-state index >= 15 is 0 Å². The second-order valence-electron chi connectivity index (χ2n) is 4.25. The summed E-state index contributed by atoms with van der Waals surface area (Å²) in [5, 5.41) is 10.8. The van der Waals surface area contributed by atoms with Gasteiger partial charge in [-0.1, -0.05) is 45.7 Å². The number of thioether (sulfide) groups is 1. The summed E-state index contributed by atoms with van der Waals surface area (Å²) in [6.07, 6.45) is 0.295. The number of benzene rings is 2. The molecule has 0 aliphatic carbocycles. The topological polar surface area (TPSA) is 20.2 Å². The van der Waals surface area contributed by atoms with Gasteiger partial charge in [0.15, 0.2) is 0 Å². The lowest BCUT2D eigenvalue weighted by Gasteiger charge is -2.10. The first kappa shape index (κ1) is 14.9. The third-order valence-corrected chi connectivity index (χ3v) is 4.51. The molecule has 4 heteroatoms. The van der Waals surface area contributed by atoms with E-state index in [1.807, 2.05) is 42.5 Å². The zero-order chi connectivity index (χ0) is 13.7. The molecule has 100 valence electrons. The van der Waals surface area contributed by atoms with Crippen molar-refractivity contribution >= 4 is 39.3 Å². The Morgan fingerprint density at radius 1 is 1.16 bits per heavy atom. The Morgan fingerprint density at radius 2 is 1.89 bits per heavy atom. The monoisotopic (exact) mass is 356 g/mol. The smallest absolute Gasteiger partial charge is 0.0674 e. The van der Waals surface area contributed by atoms with Gasteiger partial charge in [-0.25, -0.2) is 0 Å². The molecule has 0 aliphatic heterocycles. The van der Waals surface area contributed by atoms with Gasteiger partial charge in [0.1, 0.15) is 0 Å². The molecule has 0 spiro atoms. The van der Waals surface area contributed by atoms with Gasteiger partial charge in [-0.3, -0.25) is 0 Å². The normalized spacial score (nSPS) is 12.4. The maximum Gasteiger partial charge on any atom is 0.0674 e. The van der Waals surface area contributed by atoms with Crippen molar-refractivity contribution in [1.29, 1.82) is 0 Å². The van der Waals surface area contributed by atoms with Crippen molar-refractivity contribution in [1.82, 2.24) is 0 Å². The van der Waals surface area contributed by atoms with E-state index in [0.717, 1.165) is 20.0 Å². The van der Waals surface area contributed by atoms with E-state index in [0.29, 0.717) is 12.2 Å². The molecule has 0 radical (unpaired) electrons. The van der Waals surface area contributed by atoms with Gasteiger partial charge in [0.25, 0.3) is 0 Å². The van der Waals surface area contributed by atoms with Gasteiger partial charge in [-0.05, 0) is 42.3 Å². The van der Waals surface area contributed by atoms with Crippen LogP contribution in [-0.4, -0.2) is 17.0 Å². The number of hydrogen-bond donors (Lipinski definition) is 1. The third-order valence-electron chi connectivity index (χ3n) is 2.62. The van der Waals surface area contributed by atoms with Crippen LogP contribution in [0.1, 0.15) is 5.56 Å². The van der Waals surface area contributed by atoms with Crippen LogP contribution < -0.4 is 0 Å². The Bertz CT molecular complexity index is 530. The molecule has 0 fully saturated rings.